The third kappa shape index (κ3) is 6.84. The van der Waals surface area contributed by atoms with Gasteiger partial charge in [0.1, 0.15) is 5.60 Å². The molecule has 0 bridgehead atoms. The van der Waals surface area contributed by atoms with E-state index in [-0.39, 0.29) is 12.3 Å². The van der Waals surface area contributed by atoms with Crippen LogP contribution in [0.1, 0.15) is 32.1 Å². The number of carboxylic acid groups (broad SMARTS) is 1. The lowest BCUT2D eigenvalue weighted by molar-refractivity contribution is -0.150. The van der Waals surface area contributed by atoms with Gasteiger partial charge in [0, 0.05) is 31.1 Å². The average Bonchev–Trinajstić information content (AvgIpc) is 2.53. The number of methoxy groups -OCH3 is 1. The summed E-state index contributed by atoms with van der Waals surface area (Å²) in [5.41, 5.74) is -0.994. The second-order valence-corrected chi connectivity index (χ2v) is 8.12. The highest BCUT2D eigenvalue weighted by Gasteiger charge is 2.43. The molecular weight excluding hydrogens is 348 g/mol. The van der Waals surface area contributed by atoms with Crippen LogP contribution in [0.2, 0.25) is 0 Å². The zero-order valence-corrected chi connectivity index (χ0v) is 14.7. The second kappa shape index (κ2) is 10.4. The molecule has 1 rings (SSSR count). The largest absolute Gasteiger partial charge is 0.481 e. The maximum absolute atomic E-state index is 12.7. The standard InChI is InChI=1S/C14H23F2NO4S2/c1-21-14(5-2-10(3-6-14)12(15)16)13(20)17-7-9-23-22-8-4-11(18)19/h10,12H,2-9H2,1H3,(H,17,20)(H,18,19). The van der Waals surface area contributed by atoms with Crippen LogP contribution in [0.15, 0.2) is 0 Å². The molecule has 1 aliphatic rings. The van der Waals surface area contributed by atoms with Gasteiger partial charge in [-0.15, -0.1) is 0 Å². The summed E-state index contributed by atoms with van der Waals surface area (Å²) in [7, 11) is 4.38. The summed E-state index contributed by atoms with van der Waals surface area (Å²) >= 11 is 0. The first-order chi connectivity index (χ1) is 10.9. The van der Waals surface area contributed by atoms with E-state index >= 15 is 0 Å². The van der Waals surface area contributed by atoms with Gasteiger partial charge in [-0.05, 0) is 25.7 Å². The van der Waals surface area contributed by atoms with Gasteiger partial charge in [0.25, 0.3) is 5.91 Å². The third-order valence-corrected chi connectivity index (χ3v) is 6.36. The first kappa shape index (κ1) is 20.5. The van der Waals surface area contributed by atoms with E-state index in [1.165, 1.54) is 28.7 Å². The lowest BCUT2D eigenvalue weighted by Gasteiger charge is -2.37. The van der Waals surface area contributed by atoms with Gasteiger partial charge in [0.15, 0.2) is 0 Å². The van der Waals surface area contributed by atoms with Crippen molar-refractivity contribution in [3.63, 3.8) is 0 Å². The molecule has 9 heteroatoms. The fourth-order valence-corrected chi connectivity index (χ4v) is 4.38. The summed E-state index contributed by atoms with van der Waals surface area (Å²) in [5.74, 6) is -0.551. The number of amides is 1. The van der Waals surface area contributed by atoms with Gasteiger partial charge in [0.2, 0.25) is 6.43 Å². The smallest absolute Gasteiger partial charge is 0.304 e. The van der Waals surface area contributed by atoms with Crippen molar-refractivity contribution in [1.29, 1.82) is 0 Å². The van der Waals surface area contributed by atoms with Gasteiger partial charge < -0.3 is 15.2 Å². The van der Waals surface area contributed by atoms with Crippen LogP contribution in [-0.4, -0.2) is 54.2 Å². The van der Waals surface area contributed by atoms with Crippen LogP contribution in [0.3, 0.4) is 0 Å². The minimum atomic E-state index is -2.34. The Labute approximate surface area is 142 Å². The van der Waals surface area contributed by atoms with E-state index in [0.717, 1.165) is 0 Å². The monoisotopic (exact) mass is 371 g/mol. The molecule has 1 amide bonds. The number of carboxylic acids is 1. The molecule has 0 aliphatic heterocycles. The van der Waals surface area contributed by atoms with Gasteiger partial charge in [-0.2, -0.15) is 0 Å². The van der Waals surface area contributed by atoms with E-state index in [2.05, 4.69) is 5.32 Å². The van der Waals surface area contributed by atoms with Crippen molar-refractivity contribution in [3.8, 4) is 0 Å². The Bertz CT molecular complexity index is 391. The molecule has 1 aliphatic carbocycles. The van der Waals surface area contributed by atoms with Crippen LogP contribution in [0, 0.1) is 5.92 Å². The predicted octanol–water partition coefficient (Wildman–Crippen LogP) is 2.80. The van der Waals surface area contributed by atoms with E-state index in [0.29, 0.717) is 43.7 Å². The Kier molecular flexibility index (Phi) is 9.23. The van der Waals surface area contributed by atoms with E-state index in [1.54, 1.807) is 0 Å². The van der Waals surface area contributed by atoms with Crippen molar-refractivity contribution in [2.45, 2.75) is 44.1 Å². The van der Waals surface area contributed by atoms with Crippen molar-refractivity contribution >= 4 is 33.5 Å². The molecule has 0 saturated heterocycles. The summed E-state index contributed by atoms with van der Waals surface area (Å²) in [4.78, 5) is 22.6. The van der Waals surface area contributed by atoms with Gasteiger partial charge in [0.05, 0.1) is 6.42 Å². The molecule has 0 aromatic rings. The van der Waals surface area contributed by atoms with Gasteiger partial charge >= 0.3 is 5.97 Å². The molecule has 0 unspecified atom stereocenters. The van der Waals surface area contributed by atoms with Crippen LogP contribution < -0.4 is 5.32 Å². The van der Waals surface area contributed by atoms with Crippen LogP contribution >= 0.6 is 21.6 Å². The minimum Gasteiger partial charge on any atom is -0.481 e. The molecule has 0 atom stereocenters. The number of carbonyl (C=O) groups is 2. The molecule has 1 fully saturated rings. The molecule has 134 valence electrons. The van der Waals surface area contributed by atoms with E-state index < -0.39 is 23.9 Å². The number of ether oxygens (including phenoxy) is 1. The first-order valence-electron chi connectivity index (χ1n) is 7.49. The molecular formula is C14H23F2NO4S2. The topological polar surface area (TPSA) is 75.6 Å². The first-order valence-corrected chi connectivity index (χ1v) is 9.98. The van der Waals surface area contributed by atoms with Crippen LogP contribution in [0.4, 0.5) is 8.78 Å². The molecule has 0 heterocycles. The van der Waals surface area contributed by atoms with Crippen molar-refractivity contribution in [2.75, 3.05) is 25.2 Å². The number of nitrogens with one attached hydrogen (secondary N) is 1. The fourth-order valence-electron chi connectivity index (χ4n) is 2.50. The highest BCUT2D eigenvalue weighted by Crippen LogP contribution is 2.37. The van der Waals surface area contributed by atoms with Crippen molar-refractivity contribution in [1.82, 2.24) is 5.32 Å². The van der Waals surface area contributed by atoms with Gasteiger partial charge in [-0.1, -0.05) is 21.6 Å². The SMILES string of the molecule is COC1(C(=O)NCCSSCCC(=O)O)CCC(C(F)F)CC1. The fraction of sp³-hybridized carbons (Fsp3) is 0.857. The number of hydrogen-bond donors (Lipinski definition) is 2. The Morgan fingerprint density at radius 3 is 2.43 bits per heavy atom. The molecule has 0 spiro atoms. The number of carbonyl (C=O) groups excluding carboxylic acids is 1. The van der Waals surface area contributed by atoms with Crippen molar-refractivity contribution in [2.24, 2.45) is 5.92 Å². The molecule has 0 radical (unpaired) electrons. The predicted molar refractivity (Wildman–Crippen MR) is 87.9 cm³/mol. The van der Waals surface area contributed by atoms with Crippen LogP contribution in [-0.2, 0) is 14.3 Å². The van der Waals surface area contributed by atoms with E-state index in [4.69, 9.17) is 9.84 Å². The Hall–Kier alpha value is -0.540. The van der Waals surface area contributed by atoms with E-state index in [9.17, 15) is 18.4 Å². The normalized spacial score (nSPS) is 24.6. The number of aliphatic carboxylic acids is 1. The number of hydrogen-bond acceptors (Lipinski definition) is 5. The minimum absolute atomic E-state index is 0.113. The van der Waals surface area contributed by atoms with Crippen LogP contribution in [0.5, 0.6) is 0 Å². The van der Waals surface area contributed by atoms with E-state index in [1.807, 2.05) is 0 Å². The molecule has 5 nitrogen and oxygen atoms in total. The summed E-state index contributed by atoms with van der Waals surface area (Å²) in [6.45, 7) is 0.437. The van der Waals surface area contributed by atoms with Crippen molar-refractivity contribution in [3.05, 3.63) is 0 Å². The quantitative estimate of drug-likeness (QED) is 0.454. The number of alkyl halides is 2. The van der Waals surface area contributed by atoms with Gasteiger partial charge in [-0.3, -0.25) is 9.59 Å². The van der Waals surface area contributed by atoms with Gasteiger partial charge in [-0.25, -0.2) is 8.78 Å². The highest BCUT2D eigenvalue weighted by atomic mass is 33.1. The Balaban J connectivity index is 2.25. The zero-order valence-electron chi connectivity index (χ0n) is 13.1. The zero-order chi connectivity index (χ0) is 17.3. The molecule has 2 N–H and O–H groups in total. The van der Waals surface area contributed by atoms with Crippen LogP contribution in [0.25, 0.3) is 0 Å². The summed E-state index contributed by atoms with van der Waals surface area (Å²) in [5, 5.41) is 11.3. The Morgan fingerprint density at radius 2 is 1.91 bits per heavy atom. The number of halogens is 2. The summed E-state index contributed by atoms with van der Waals surface area (Å²) in [6, 6.07) is 0. The lowest BCUT2D eigenvalue weighted by atomic mass is 9.78. The maximum Gasteiger partial charge on any atom is 0.304 e. The highest BCUT2D eigenvalue weighted by molar-refractivity contribution is 8.76. The third-order valence-electron chi connectivity index (χ3n) is 3.95. The second-order valence-electron chi connectivity index (χ2n) is 5.41. The molecule has 1 saturated carbocycles. The summed E-state index contributed by atoms with van der Waals surface area (Å²) in [6.07, 6.45) is -1.03. The summed E-state index contributed by atoms with van der Waals surface area (Å²) < 4.78 is 30.7. The molecule has 23 heavy (non-hydrogen) atoms. The number of rotatable bonds is 10. The maximum atomic E-state index is 12.7. The molecule has 0 aromatic heterocycles. The lowest BCUT2D eigenvalue weighted by Crippen LogP contribution is -2.51. The molecule has 0 aromatic carbocycles. The Morgan fingerprint density at radius 1 is 1.30 bits per heavy atom. The average molecular weight is 371 g/mol. The van der Waals surface area contributed by atoms with Crippen molar-refractivity contribution < 1.29 is 28.2 Å².